The van der Waals surface area contributed by atoms with E-state index in [9.17, 15) is 9.59 Å². The third-order valence-corrected chi connectivity index (χ3v) is 4.32. The first-order valence-electron chi connectivity index (χ1n) is 8.79. The molecule has 0 saturated carbocycles. The largest absolute Gasteiger partial charge is 0.446 e. The van der Waals surface area contributed by atoms with Gasteiger partial charge in [-0.05, 0) is 57.5 Å². The van der Waals surface area contributed by atoms with Crippen LogP contribution in [0, 0.1) is 0 Å². The molecule has 0 fully saturated rings. The SMILES string of the molecule is CC(C)(O[C]=O)C(=C=O)COC(C)(C)c1ccc(N=Nc2ccccc2)cc1. The number of rotatable bonds is 9. The number of azo groups is 1. The summed E-state index contributed by atoms with van der Waals surface area (Å²) in [5.74, 6) is 1.80. The molecular weight excluding hydrogens is 356 g/mol. The summed E-state index contributed by atoms with van der Waals surface area (Å²) < 4.78 is 10.7. The van der Waals surface area contributed by atoms with Crippen LogP contribution in [0.25, 0.3) is 0 Å². The monoisotopic (exact) mass is 379 g/mol. The van der Waals surface area contributed by atoms with Crippen molar-refractivity contribution >= 4 is 23.8 Å². The van der Waals surface area contributed by atoms with E-state index in [2.05, 4.69) is 10.2 Å². The van der Waals surface area contributed by atoms with Crippen LogP contribution < -0.4 is 0 Å². The molecule has 0 unspecified atom stereocenters. The Labute approximate surface area is 164 Å². The van der Waals surface area contributed by atoms with E-state index in [-0.39, 0.29) is 12.2 Å². The van der Waals surface area contributed by atoms with E-state index in [4.69, 9.17) is 9.47 Å². The van der Waals surface area contributed by atoms with E-state index in [1.54, 1.807) is 19.8 Å². The molecule has 0 bridgehead atoms. The van der Waals surface area contributed by atoms with Crippen LogP contribution in [0.4, 0.5) is 11.4 Å². The van der Waals surface area contributed by atoms with Crippen molar-refractivity contribution in [1.29, 1.82) is 0 Å². The van der Waals surface area contributed by atoms with Gasteiger partial charge in [0.2, 0.25) is 0 Å². The van der Waals surface area contributed by atoms with Gasteiger partial charge in [-0.2, -0.15) is 10.2 Å². The summed E-state index contributed by atoms with van der Waals surface area (Å²) >= 11 is 0. The highest BCUT2D eigenvalue weighted by Gasteiger charge is 2.30. The standard InChI is InChI=1S/C22H23N2O4/c1-21(2,27-15-18(14-25)22(3,4)28-16-26)17-10-12-20(13-11-17)24-23-19-8-6-5-7-9-19/h5-13H,15H2,1-4H3. The Balaban J connectivity index is 2.06. The van der Waals surface area contributed by atoms with Crippen molar-refractivity contribution in [3.05, 3.63) is 65.7 Å². The molecule has 0 spiro atoms. The molecule has 0 aromatic heterocycles. The summed E-state index contributed by atoms with van der Waals surface area (Å²) in [7, 11) is 0. The molecular formula is C22H23N2O4. The van der Waals surface area contributed by atoms with E-state index >= 15 is 0 Å². The highest BCUT2D eigenvalue weighted by Crippen LogP contribution is 2.29. The lowest BCUT2D eigenvalue weighted by Crippen LogP contribution is -2.32. The Hall–Kier alpha value is -3.08. The second-order valence-electron chi connectivity index (χ2n) is 7.16. The van der Waals surface area contributed by atoms with Gasteiger partial charge in [0.1, 0.15) is 11.5 Å². The molecule has 6 heteroatoms. The molecule has 0 aliphatic rings. The van der Waals surface area contributed by atoms with Gasteiger partial charge < -0.3 is 9.47 Å². The molecule has 145 valence electrons. The Morgan fingerprint density at radius 2 is 1.46 bits per heavy atom. The first-order valence-corrected chi connectivity index (χ1v) is 8.79. The summed E-state index contributed by atoms with van der Waals surface area (Å²) in [5.41, 5.74) is 0.780. The fourth-order valence-electron chi connectivity index (χ4n) is 2.37. The molecule has 1 radical (unpaired) electrons. The zero-order valence-electron chi connectivity index (χ0n) is 16.4. The second kappa shape index (κ2) is 9.22. The Kier molecular flexibility index (Phi) is 6.99. The minimum Gasteiger partial charge on any atom is -0.446 e. The number of carbonyl (C=O) groups excluding carboxylic acids is 2. The molecule has 2 rings (SSSR count). The number of benzene rings is 2. The molecule has 0 amide bonds. The molecule has 0 aliphatic heterocycles. The topological polar surface area (TPSA) is 77.3 Å². The average molecular weight is 379 g/mol. The number of nitrogens with zero attached hydrogens (tertiary/aromatic N) is 2. The van der Waals surface area contributed by atoms with E-state index in [0.717, 1.165) is 11.3 Å². The number of ether oxygens (including phenoxy) is 2. The number of hydrogen-bond donors (Lipinski definition) is 0. The highest BCUT2D eigenvalue weighted by molar-refractivity contribution is 5.57. The molecule has 2 aromatic rings. The van der Waals surface area contributed by atoms with E-state index in [0.29, 0.717) is 5.69 Å². The smallest absolute Gasteiger partial charge is 0.418 e. The molecule has 0 N–H and O–H groups in total. The van der Waals surface area contributed by atoms with Crippen LogP contribution in [0.3, 0.4) is 0 Å². The molecule has 0 aliphatic carbocycles. The predicted molar refractivity (Wildman–Crippen MR) is 106 cm³/mol. The zero-order chi connectivity index (χ0) is 20.6. The maximum absolute atomic E-state index is 11.2. The lowest BCUT2D eigenvalue weighted by atomic mass is 9.96. The van der Waals surface area contributed by atoms with Crippen molar-refractivity contribution in [3.8, 4) is 0 Å². The van der Waals surface area contributed by atoms with Gasteiger partial charge >= 0.3 is 6.47 Å². The van der Waals surface area contributed by atoms with Crippen LogP contribution in [0.5, 0.6) is 0 Å². The summed E-state index contributed by atoms with van der Waals surface area (Å²) in [6, 6.07) is 17.0. The van der Waals surface area contributed by atoms with Crippen LogP contribution in [-0.2, 0) is 24.7 Å². The molecule has 28 heavy (non-hydrogen) atoms. The van der Waals surface area contributed by atoms with Gasteiger partial charge in [0, 0.05) is 0 Å². The van der Waals surface area contributed by atoms with Crippen LogP contribution in [0.1, 0.15) is 33.3 Å². The van der Waals surface area contributed by atoms with Gasteiger partial charge in [-0.15, -0.1) is 0 Å². The molecule has 2 aromatic carbocycles. The van der Waals surface area contributed by atoms with Crippen molar-refractivity contribution < 1.29 is 19.1 Å². The van der Waals surface area contributed by atoms with Crippen molar-refractivity contribution in [2.75, 3.05) is 6.61 Å². The van der Waals surface area contributed by atoms with Crippen molar-refractivity contribution in [3.63, 3.8) is 0 Å². The molecule has 0 heterocycles. The summed E-state index contributed by atoms with van der Waals surface area (Å²) in [4.78, 5) is 21.7. The van der Waals surface area contributed by atoms with Crippen LogP contribution >= 0.6 is 0 Å². The van der Waals surface area contributed by atoms with Gasteiger partial charge in [0.15, 0.2) is 0 Å². The second-order valence-corrected chi connectivity index (χ2v) is 7.16. The average Bonchev–Trinajstić information content (AvgIpc) is 2.67. The van der Waals surface area contributed by atoms with Gasteiger partial charge in [-0.3, -0.25) is 0 Å². The molecule has 0 saturated heterocycles. The lowest BCUT2D eigenvalue weighted by Gasteiger charge is -2.29. The Morgan fingerprint density at radius 1 is 0.893 bits per heavy atom. The number of hydrogen-bond acceptors (Lipinski definition) is 6. The van der Waals surface area contributed by atoms with Crippen LogP contribution in [0.2, 0.25) is 0 Å². The van der Waals surface area contributed by atoms with Gasteiger partial charge in [-0.25, -0.2) is 9.59 Å². The van der Waals surface area contributed by atoms with Gasteiger partial charge in [-0.1, -0.05) is 30.3 Å². The van der Waals surface area contributed by atoms with Crippen LogP contribution in [0.15, 0.2) is 70.4 Å². The summed E-state index contributed by atoms with van der Waals surface area (Å²) in [6.07, 6.45) is 0. The lowest BCUT2D eigenvalue weighted by molar-refractivity contribution is -0.0196. The first kappa shape index (κ1) is 21.2. The molecule has 6 nitrogen and oxygen atoms in total. The Morgan fingerprint density at radius 3 is 2.00 bits per heavy atom. The summed E-state index contributed by atoms with van der Waals surface area (Å²) in [5, 5.41) is 8.40. The van der Waals surface area contributed by atoms with Crippen molar-refractivity contribution in [2.45, 2.75) is 38.9 Å². The maximum atomic E-state index is 11.2. The molecule has 0 atom stereocenters. The van der Waals surface area contributed by atoms with E-state index < -0.39 is 11.2 Å². The fraction of sp³-hybridized carbons (Fsp3) is 0.318. The van der Waals surface area contributed by atoms with E-state index in [1.807, 2.05) is 68.4 Å². The third-order valence-electron chi connectivity index (χ3n) is 4.32. The fourth-order valence-corrected chi connectivity index (χ4v) is 2.37. The zero-order valence-corrected chi connectivity index (χ0v) is 16.4. The summed E-state index contributed by atoms with van der Waals surface area (Å²) in [6.45, 7) is 8.27. The minimum atomic E-state index is -1.12. The third kappa shape index (κ3) is 5.71. The normalized spacial score (nSPS) is 11.9. The van der Waals surface area contributed by atoms with Crippen LogP contribution in [-0.4, -0.2) is 24.6 Å². The minimum absolute atomic E-state index is 0.0271. The Bertz CT molecular complexity index is 865. The van der Waals surface area contributed by atoms with Crippen molar-refractivity contribution in [1.82, 2.24) is 0 Å². The quantitative estimate of drug-likeness (QED) is 0.455. The van der Waals surface area contributed by atoms with Gasteiger partial charge in [0.05, 0.1) is 29.2 Å². The predicted octanol–water partition coefficient (Wildman–Crippen LogP) is 4.97. The van der Waals surface area contributed by atoms with Crippen molar-refractivity contribution in [2.24, 2.45) is 10.2 Å². The van der Waals surface area contributed by atoms with E-state index in [1.165, 1.54) is 6.47 Å². The van der Waals surface area contributed by atoms with Gasteiger partial charge in [0.25, 0.3) is 0 Å². The maximum Gasteiger partial charge on any atom is 0.418 e. The first-order chi connectivity index (χ1) is 13.3. The highest BCUT2D eigenvalue weighted by atomic mass is 16.5.